The van der Waals surface area contributed by atoms with E-state index in [1.165, 1.54) is 4.31 Å². The fourth-order valence-corrected chi connectivity index (χ4v) is 5.35. The van der Waals surface area contributed by atoms with Crippen LogP contribution in [-0.4, -0.2) is 21.4 Å². The van der Waals surface area contributed by atoms with E-state index in [-0.39, 0.29) is 17.0 Å². The van der Waals surface area contributed by atoms with Crippen LogP contribution in [0.2, 0.25) is 0 Å². The van der Waals surface area contributed by atoms with Crippen molar-refractivity contribution in [2.75, 3.05) is 16.7 Å². The van der Waals surface area contributed by atoms with Gasteiger partial charge in [-0.05, 0) is 54.4 Å². The van der Waals surface area contributed by atoms with Crippen LogP contribution < -0.4 is 9.62 Å². The Morgan fingerprint density at radius 2 is 1.50 bits per heavy atom. The zero-order valence-electron chi connectivity index (χ0n) is 20.2. The monoisotopic (exact) mass is 500 g/mol. The van der Waals surface area contributed by atoms with Gasteiger partial charge in [0.2, 0.25) is 0 Å². The summed E-state index contributed by atoms with van der Waals surface area (Å²) in [6.45, 7) is 2.39. The number of carbonyl (C=O) groups is 1. The van der Waals surface area contributed by atoms with Crippen LogP contribution in [0.5, 0.6) is 0 Å². The molecule has 6 nitrogen and oxygen atoms in total. The minimum absolute atomic E-state index is 0.0741. The Bertz CT molecular complexity index is 1440. The summed E-state index contributed by atoms with van der Waals surface area (Å²) < 4.78 is 34.2. The van der Waals surface area contributed by atoms with Crippen LogP contribution >= 0.6 is 0 Å². The van der Waals surface area contributed by atoms with Crippen molar-refractivity contribution in [1.82, 2.24) is 0 Å². The molecular formula is C29H28N2O4S. The predicted octanol–water partition coefficient (Wildman–Crippen LogP) is 5.79. The van der Waals surface area contributed by atoms with Gasteiger partial charge in [0.05, 0.1) is 29.3 Å². The first-order chi connectivity index (χ1) is 17.4. The average molecular weight is 501 g/mol. The molecule has 0 saturated carbocycles. The van der Waals surface area contributed by atoms with Gasteiger partial charge in [0.25, 0.3) is 15.9 Å². The third-order valence-electron chi connectivity index (χ3n) is 5.69. The quantitative estimate of drug-likeness (QED) is 0.316. The summed E-state index contributed by atoms with van der Waals surface area (Å²) >= 11 is 0. The van der Waals surface area contributed by atoms with Crippen LogP contribution in [0.25, 0.3) is 0 Å². The lowest BCUT2D eigenvalue weighted by Crippen LogP contribution is -2.32. The van der Waals surface area contributed by atoms with E-state index < -0.39 is 15.9 Å². The summed E-state index contributed by atoms with van der Waals surface area (Å²) in [6, 6.07) is 30.1. The van der Waals surface area contributed by atoms with E-state index in [2.05, 4.69) is 5.32 Å². The van der Waals surface area contributed by atoms with Crippen molar-refractivity contribution in [3.8, 4) is 0 Å². The molecule has 1 amide bonds. The molecule has 4 rings (SSSR count). The van der Waals surface area contributed by atoms with E-state index in [1.807, 2.05) is 55.5 Å². The van der Waals surface area contributed by atoms with E-state index in [4.69, 9.17) is 4.74 Å². The van der Waals surface area contributed by atoms with Gasteiger partial charge in [0, 0.05) is 12.8 Å². The number of nitrogens with zero attached hydrogens (tertiary/aromatic N) is 1. The summed E-state index contributed by atoms with van der Waals surface area (Å²) in [5.41, 5.74) is 3.82. The third kappa shape index (κ3) is 5.82. The molecule has 0 aromatic heterocycles. The number of rotatable bonds is 9. The molecule has 0 aliphatic heterocycles. The molecule has 1 N–H and O–H groups in total. The van der Waals surface area contributed by atoms with Gasteiger partial charge >= 0.3 is 0 Å². The summed E-state index contributed by atoms with van der Waals surface area (Å²) in [6.07, 6.45) is 0. The standard InChI is InChI=1S/C29H28N2O4S/c1-22-15-17-26(18-16-22)36(33,34)31(20-23-9-4-3-5-10-23)28-14-7-6-13-27(28)29(32)30-25-12-8-11-24(19-25)21-35-2/h3-19H,20-21H2,1-2H3,(H,30,32). The summed E-state index contributed by atoms with van der Waals surface area (Å²) in [4.78, 5) is 13.6. The second kappa shape index (κ2) is 11.2. The number of benzene rings is 4. The Kier molecular flexibility index (Phi) is 7.83. The van der Waals surface area contributed by atoms with Gasteiger partial charge in [-0.2, -0.15) is 0 Å². The minimum Gasteiger partial charge on any atom is -0.380 e. The molecule has 0 saturated heterocycles. The SMILES string of the molecule is COCc1cccc(NC(=O)c2ccccc2N(Cc2ccccc2)S(=O)(=O)c2ccc(C)cc2)c1. The third-order valence-corrected chi connectivity index (χ3v) is 7.47. The van der Waals surface area contributed by atoms with Crippen molar-refractivity contribution in [3.63, 3.8) is 0 Å². The maximum absolute atomic E-state index is 13.9. The highest BCUT2D eigenvalue weighted by Crippen LogP contribution is 2.30. The van der Waals surface area contributed by atoms with Crippen molar-refractivity contribution in [2.24, 2.45) is 0 Å². The van der Waals surface area contributed by atoms with E-state index >= 15 is 0 Å². The lowest BCUT2D eigenvalue weighted by atomic mass is 10.1. The molecule has 0 radical (unpaired) electrons. The maximum Gasteiger partial charge on any atom is 0.264 e. The van der Waals surface area contributed by atoms with Gasteiger partial charge in [-0.3, -0.25) is 9.10 Å². The molecule has 7 heteroatoms. The van der Waals surface area contributed by atoms with E-state index in [0.717, 1.165) is 16.7 Å². The van der Waals surface area contributed by atoms with Crippen molar-refractivity contribution in [1.29, 1.82) is 0 Å². The zero-order valence-corrected chi connectivity index (χ0v) is 21.0. The van der Waals surface area contributed by atoms with Crippen LogP contribution in [0.3, 0.4) is 0 Å². The Morgan fingerprint density at radius 1 is 0.833 bits per heavy atom. The molecule has 184 valence electrons. The van der Waals surface area contributed by atoms with Gasteiger partial charge in [-0.15, -0.1) is 0 Å². The highest BCUT2D eigenvalue weighted by atomic mass is 32.2. The average Bonchev–Trinajstić information content (AvgIpc) is 2.88. The number of sulfonamides is 1. The number of ether oxygens (including phenoxy) is 1. The van der Waals surface area contributed by atoms with Gasteiger partial charge in [0.15, 0.2) is 0 Å². The summed E-state index contributed by atoms with van der Waals surface area (Å²) in [5.74, 6) is -0.405. The molecule has 4 aromatic carbocycles. The molecule has 0 heterocycles. The molecule has 0 fully saturated rings. The molecule has 4 aromatic rings. The van der Waals surface area contributed by atoms with Gasteiger partial charge in [-0.25, -0.2) is 8.42 Å². The van der Waals surface area contributed by atoms with Crippen LogP contribution in [0.4, 0.5) is 11.4 Å². The number of para-hydroxylation sites is 1. The first-order valence-electron chi connectivity index (χ1n) is 11.5. The molecule has 0 unspecified atom stereocenters. The highest BCUT2D eigenvalue weighted by molar-refractivity contribution is 7.92. The van der Waals surface area contributed by atoms with Gasteiger partial charge in [0.1, 0.15) is 0 Å². The van der Waals surface area contributed by atoms with Crippen molar-refractivity contribution in [2.45, 2.75) is 25.0 Å². The first-order valence-corrected chi connectivity index (χ1v) is 12.9. The first kappa shape index (κ1) is 25.2. The number of anilines is 2. The van der Waals surface area contributed by atoms with Gasteiger partial charge in [-0.1, -0.05) is 72.3 Å². The zero-order chi connectivity index (χ0) is 25.5. The Morgan fingerprint density at radius 3 is 2.22 bits per heavy atom. The fourth-order valence-electron chi connectivity index (χ4n) is 3.87. The molecule has 0 aliphatic rings. The fraction of sp³-hybridized carbons (Fsp3) is 0.138. The number of carbonyl (C=O) groups excluding carboxylic acids is 1. The number of amides is 1. The van der Waals surface area contributed by atoms with Gasteiger partial charge < -0.3 is 10.1 Å². The molecule has 0 bridgehead atoms. The van der Waals surface area contributed by atoms with E-state index in [0.29, 0.717) is 18.0 Å². The van der Waals surface area contributed by atoms with Crippen LogP contribution in [0.1, 0.15) is 27.0 Å². The van der Waals surface area contributed by atoms with Crippen molar-refractivity contribution in [3.05, 3.63) is 125 Å². The van der Waals surface area contributed by atoms with Crippen molar-refractivity contribution < 1.29 is 17.9 Å². The van der Waals surface area contributed by atoms with Crippen LogP contribution in [-0.2, 0) is 27.9 Å². The van der Waals surface area contributed by atoms with Crippen LogP contribution in [0, 0.1) is 6.92 Å². The number of nitrogens with one attached hydrogen (secondary N) is 1. The maximum atomic E-state index is 13.9. The molecular weight excluding hydrogens is 472 g/mol. The summed E-state index contributed by atoms with van der Waals surface area (Å²) in [7, 11) is -2.37. The number of methoxy groups -OCH3 is 1. The Balaban J connectivity index is 1.75. The number of hydrogen-bond acceptors (Lipinski definition) is 4. The minimum atomic E-state index is -3.98. The second-order valence-corrected chi connectivity index (χ2v) is 10.3. The molecule has 36 heavy (non-hydrogen) atoms. The molecule has 0 aliphatic carbocycles. The topological polar surface area (TPSA) is 75.7 Å². The number of aryl methyl sites for hydroxylation is 1. The predicted molar refractivity (Wildman–Crippen MR) is 143 cm³/mol. The Labute approximate surface area is 212 Å². The highest BCUT2D eigenvalue weighted by Gasteiger charge is 2.28. The normalized spacial score (nSPS) is 11.2. The Hall–Kier alpha value is -3.94. The number of hydrogen-bond donors (Lipinski definition) is 1. The summed E-state index contributed by atoms with van der Waals surface area (Å²) in [5, 5.41) is 2.90. The van der Waals surface area contributed by atoms with Crippen molar-refractivity contribution >= 4 is 27.3 Å². The smallest absolute Gasteiger partial charge is 0.264 e. The lowest BCUT2D eigenvalue weighted by molar-refractivity contribution is 0.102. The lowest BCUT2D eigenvalue weighted by Gasteiger charge is -2.26. The second-order valence-electron chi connectivity index (χ2n) is 8.41. The van der Waals surface area contributed by atoms with Crippen LogP contribution in [0.15, 0.2) is 108 Å². The molecule has 0 atom stereocenters. The molecule has 0 spiro atoms. The van der Waals surface area contributed by atoms with E-state index in [1.54, 1.807) is 61.7 Å². The largest absolute Gasteiger partial charge is 0.380 e. The van der Waals surface area contributed by atoms with E-state index in [9.17, 15) is 13.2 Å².